The van der Waals surface area contributed by atoms with Crippen LogP contribution in [0.4, 0.5) is 0 Å². The Kier molecular flexibility index (Phi) is 22.0. The second-order valence-corrected chi connectivity index (χ2v) is 6.15. The van der Waals surface area contributed by atoms with E-state index in [2.05, 4.69) is 65.4 Å². The van der Waals surface area contributed by atoms with Gasteiger partial charge in [-0.2, -0.15) is 0 Å². The van der Waals surface area contributed by atoms with Crippen LogP contribution in [0.2, 0.25) is 0 Å². The summed E-state index contributed by atoms with van der Waals surface area (Å²) >= 11 is 0. The average Bonchev–Trinajstić information content (AvgIpc) is 2.23. The van der Waals surface area contributed by atoms with Crippen molar-refractivity contribution in [2.75, 3.05) is 0 Å². The zero-order valence-corrected chi connectivity index (χ0v) is 20.5. The van der Waals surface area contributed by atoms with Gasteiger partial charge in [-0.25, -0.2) is 14.8 Å². The minimum absolute atomic E-state index is 0. The van der Waals surface area contributed by atoms with Gasteiger partial charge >= 0.3 is 5.97 Å². The quantitative estimate of drug-likeness (QED) is 0.582. The number of carbonyl (C=O) groups is 1. The number of aliphatic hydroxyl groups is 1. The molecular weight excluding hydrogens is 439 g/mol. The molecule has 1 unspecified atom stereocenters. The first-order valence-electron chi connectivity index (χ1n) is 7.40. The minimum Gasteiger partial charge on any atom is -0.479 e. The molecule has 130 valence electrons. The van der Waals surface area contributed by atoms with E-state index in [1.54, 1.807) is 0 Å². The van der Waals surface area contributed by atoms with Gasteiger partial charge in [0.25, 0.3) is 0 Å². The summed E-state index contributed by atoms with van der Waals surface area (Å²) in [6.45, 7) is 19.3. The first-order valence-corrected chi connectivity index (χ1v) is 7.40. The van der Waals surface area contributed by atoms with Crippen molar-refractivity contribution in [1.29, 1.82) is 0 Å². The van der Waals surface area contributed by atoms with Crippen molar-refractivity contribution in [2.45, 2.75) is 92.6 Å². The molecule has 0 aromatic heterocycles. The molecule has 0 aliphatic heterocycles. The fourth-order valence-electron chi connectivity index (χ4n) is 2.26. The fraction of sp³-hybridized carbons (Fsp3) is 0.933. The molecule has 5 nitrogen and oxygen atoms in total. The zero-order chi connectivity index (χ0) is 16.6. The van der Waals surface area contributed by atoms with Crippen LogP contribution in [-0.4, -0.2) is 56.5 Å². The molecule has 0 radical (unpaired) electrons. The molecule has 0 bridgehead atoms. The Hall–Kier alpha value is 1.12. The van der Waals surface area contributed by atoms with Crippen molar-refractivity contribution in [2.24, 2.45) is 0 Å². The van der Waals surface area contributed by atoms with Crippen LogP contribution < -0.4 is 0 Å². The van der Waals surface area contributed by atoms with Crippen LogP contribution in [0.25, 0.3) is 0 Å². The Morgan fingerprint density at radius 1 is 0.682 bits per heavy atom. The van der Waals surface area contributed by atoms with Crippen LogP contribution in [-0.2, 0) is 57.2 Å². The first-order chi connectivity index (χ1) is 8.93. The van der Waals surface area contributed by atoms with E-state index in [4.69, 9.17) is 10.2 Å². The molecule has 0 amide bonds. The standard InChI is InChI=1S/C12H28N2.C3H6O3.2Zr/c1-9(2)13(10(3)4)14(11(5)6)12(7)8;1-2(4)3(5)6;;/h9-12H,1-8H3;2,4H,1H3,(H,5,6);;. The predicted octanol–water partition coefficient (Wildman–Crippen LogP) is 2.59. The molecule has 0 aromatic rings. The van der Waals surface area contributed by atoms with Crippen LogP contribution >= 0.6 is 0 Å². The molecule has 0 spiro atoms. The van der Waals surface area contributed by atoms with Gasteiger partial charge in [0.2, 0.25) is 0 Å². The Labute approximate surface area is 175 Å². The molecule has 0 aliphatic rings. The van der Waals surface area contributed by atoms with Gasteiger partial charge in [-0.05, 0) is 62.3 Å². The number of hydrogen-bond acceptors (Lipinski definition) is 4. The van der Waals surface area contributed by atoms with E-state index < -0.39 is 12.1 Å². The van der Waals surface area contributed by atoms with Crippen LogP contribution in [0.3, 0.4) is 0 Å². The molecule has 7 heteroatoms. The SMILES string of the molecule is CC(C)N(C(C)C)N(C(C)C)C(C)C.CC(O)C(=O)O.[Zr].[Zr]. The maximum absolute atomic E-state index is 9.45. The minimum atomic E-state index is -1.23. The molecule has 0 fully saturated rings. The molecule has 0 saturated heterocycles. The summed E-state index contributed by atoms with van der Waals surface area (Å²) in [6, 6.07) is 2.28. The second kappa shape index (κ2) is 15.6. The number of carboxylic acids is 1. The van der Waals surface area contributed by atoms with Gasteiger partial charge in [-0.15, -0.1) is 0 Å². The van der Waals surface area contributed by atoms with Crippen molar-refractivity contribution < 1.29 is 67.4 Å². The molecule has 0 heterocycles. The van der Waals surface area contributed by atoms with Crippen molar-refractivity contribution in [3.63, 3.8) is 0 Å². The van der Waals surface area contributed by atoms with Gasteiger partial charge < -0.3 is 10.2 Å². The van der Waals surface area contributed by atoms with Crippen LogP contribution in [0.15, 0.2) is 0 Å². The third-order valence-electron chi connectivity index (χ3n) is 2.74. The third kappa shape index (κ3) is 13.5. The average molecular weight is 473 g/mol. The van der Waals surface area contributed by atoms with Gasteiger partial charge in [-0.1, -0.05) is 0 Å². The number of aliphatic hydroxyl groups excluding tert-OH is 1. The number of hydrogen-bond donors (Lipinski definition) is 2. The summed E-state index contributed by atoms with van der Waals surface area (Å²) < 4.78 is 0. The monoisotopic (exact) mass is 470 g/mol. The van der Waals surface area contributed by atoms with Crippen molar-refractivity contribution in [3.8, 4) is 0 Å². The van der Waals surface area contributed by atoms with Gasteiger partial charge in [-0.3, -0.25) is 0 Å². The fourth-order valence-corrected chi connectivity index (χ4v) is 2.26. The summed E-state index contributed by atoms with van der Waals surface area (Å²) in [5, 5.41) is 20.7. The maximum Gasteiger partial charge on any atom is 0.332 e. The van der Waals surface area contributed by atoms with E-state index in [-0.39, 0.29) is 52.4 Å². The normalized spacial score (nSPS) is 12.2. The molecule has 22 heavy (non-hydrogen) atoms. The number of aliphatic carboxylic acids is 1. The number of rotatable bonds is 6. The molecule has 0 aromatic carbocycles. The van der Waals surface area contributed by atoms with Crippen molar-refractivity contribution >= 4 is 5.97 Å². The van der Waals surface area contributed by atoms with Crippen LogP contribution in [0.5, 0.6) is 0 Å². The van der Waals surface area contributed by atoms with Gasteiger partial charge in [0.05, 0.1) is 0 Å². The van der Waals surface area contributed by atoms with E-state index >= 15 is 0 Å². The Morgan fingerprint density at radius 3 is 0.864 bits per heavy atom. The Bertz CT molecular complexity index is 240. The van der Waals surface area contributed by atoms with E-state index in [0.717, 1.165) is 0 Å². The molecule has 0 rings (SSSR count). The number of carboxylic acid groups (broad SMARTS) is 1. The predicted molar refractivity (Wildman–Crippen MR) is 83.5 cm³/mol. The molecule has 0 saturated carbocycles. The van der Waals surface area contributed by atoms with E-state index in [1.165, 1.54) is 6.92 Å². The topological polar surface area (TPSA) is 64.0 Å². The Morgan fingerprint density at radius 2 is 0.818 bits per heavy atom. The number of hydrazine groups is 1. The maximum atomic E-state index is 9.45. The van der Waals surface area contributed by atoms with E-state index in [9.17, 15) is 4.79 Å². The van der Waals surface area contributed by atoms with E-state index in [0.29, 0.717) is 24.2 Å². The van der Waals surface area contributed by atoms with Crippen LogP contribution in [0.1, 0.15) is 62.3 Å². The van der Waals surface area contributed by atoms with Crippen molar-refractivity contribution in [1.82, 2.24) is 10.0 Å². The van der Waals surface area contributed by atoms with Crippen molar-refractivity contribution in [3.05, 3.63) is 0 Å². The molecule has 2 N–H and O–H groups in total. The van der Waals surface area contributed by atoms with Gasteiger partial charge in [0, 0.05) is 76.6 Å². The summed E-state index contributed by atoms with van der Waals surface area (Å²) in [4.78, 5) is 9.45. The molecular formula is C15H34N2O3Zr2. The Balaban J connectivity index is -0.000000174. The summed E-state index contributed by atoms with van der Waals surface area (Å²) in [5.41, 5.74) is 0. The summed E-state index contributed by atoms with van der Waals surface area (Å²) in [7, 11) is 0. The molecule has 1 atom stereocenters. The summed E-state index contributed by atoms with van der Waals surface area (Å²) in [5.74, 6) is -1.19. The zero-order valence-electron chi connectivity index (χ0n) is 15.6. The molecule has 0 aliphatic carbocycles. The summed E-state index contributed by atoms with van der Waals surface area (Å²) in [6.07, 6.45) is -1.23. The van der Waals surface area contributed by atoms with Gasteiger partial charge in [0.15, 0.2) is 0 Å². The van der Waals surface area contributed by atoms with Gasteiger partial charge in [0.1, 0.15) is 6.10 Å². The number of nitrogens with zero attached hydrogens (tertiary/aromatic N) is 2. The van der Waals surface area contributed by atoms with E-state index in [1.807, 2.05) is 0 Å². The van der Waals surface area contributed by atoms with Crippen LogP contribution in [0, 0.1) is 0 Å². The second-order valence-electron chi connectivity index (χ2n) is 6.15. The smallest absolute Gasteiger partial charge is 0.332 e. The third-order valence-corrected chi connectivity index (χ3v) is 2.74. The largest absolute Gasteiger partial charge is 0.479 e. The first kappa shape index (κ1) is 30.9.